The van der Waals surface area contributed by atoms with E-state index in [1.165, 1.54) is 23.5 Å². The Kier molecular flexibility index (Phi) is 4.58. The van der Waals surface area contributed by atoms with Gasteiger partial charge >= 0.3 is 6.03 Å². The quantitative estimate of drug-likeness (QED) is 0.867. The molecule has 1 aliphatic rings. The SMILES string of the molecule is CC1CC(C#N)=CC=CC1NC(=O)Nc1nc2ccc(F)cc2s1. The molecular formula is C17H15FN4OS. The summed E-state index contributed by atoms with van der Waals surface area (Å²) in [4.78, 5) is 16.4. The number of anilines is 1. The highest BCUT2D eigenvalue weighted by Crippen LogP contribution is 2.26. The predicted molar refractivity (Wildman–Crippen MR) is 92.1 cm³/mol. The number of benzene rings is 1. The molecule has 0 saturated carbocycles. The summed E-state index contributed by atoms with van der Waals surface area (Å²) in [6.45, 7) is 1.98. The number of aromatic nitrogens is 1. The number of thiazole rings is 1. The molecule has 0 saturated heterocycles. The summed E-state index contributed by atoms with van der Waals surface area (Å²) >= 11 is 1.22. The van der Waals surface area contributed by atoms with Crippen molar-refractivity contribution in [3.05, 3.63) is 47.8 Å². The molecule has 3 rings (SSSR count). The fraction of sp³-hybridized carbons (Fsp3) is 0.235. The average Bonchev–Trinajstić information content (AvgIpc) is 2.84. The lowest BCUT2D eigenvalue weighted by atomic mass is 9.96. The normalized spacial score (nSPS) is 20.1. The summed E-state index contributed by atoms with van der Waals surface area (Å²) in [7, 11) is 0. The van der Waals surface area contributed by atoms with Crippen LogP contribution >= 0.6 is 11.3 Å². The first-order valence-electron chi connectivity index (χ1n) is 7.46. The molecule has 5 nitrogen and oxygen atoms in total. The Bertz CT molecular complexity index is 880. The number of rotatable bonds is 2. The van der Waals surface area contributed by atoms with Crippen LogP contribution in [0.25, 0.3) is 10.2 Å². The largest absolute Gasteiger partial charge is 0.331 e. The molecule has 1 heterocycles. The number of halogens is 1. The van der Waals surface area contributed by atoms with Crippen LogP contribution in [0, 0.1) is 23.1 Å². The Labute approximate surface area is 142 Å². The molecule has 2 unspecified atom stereocenters. The van der Waals surface area contributed by atoms with Crippen molar-refractivity contribution < 1.29 is 9.18 Å². The van der Waals surface area contributed by atoms with E-state index < -0.39 is 0 Å². The van der Waals surface area contributed by atoms with E-state index in [4.69, 9.17) is 5.26 Å². The van der Waals surface area contributed by atoms with Gasteiger partial charge < -0.3 is 5.32 Å². The van der Waals surface area contributed by atoms with Gasteiger partial charge in [-0.2, -0.15) is 5.26 Å². The molecule has 1 aromatic heterocycles. The highest BCUT2D eigenvalue weighted by Gasteiger charge is 2.20. The molecule has 7 heteroatoms. The Hall–Kier alpha value is -2.72. The molecule has 2 amide bonds. The van der Waals surface area contributed by atoms with Gasteiger partial charge in [-0.05, 0) is 36.6 Å². The lowest BCUT2D eigenvalue weighted by molar-refractivity contribution is 0.247. The van der Waals surface area contributed by atoms with Gasteiger partial charge in [-0.1, -0.05) is 30.4 Å². The lowest BCUT2D eigenvalue weighted by Crippen LogP contribution is -2.40. The van der Waals surface area contributed by atoms with Crippen molar-refractivity contribution in [2.24, 2.45) is 5.92 Å². The van der Waals surface area contributed by atoms with Gasteiger partial charge in [0.15, 0.2) is 5.13 Å². The van der Waals surface area contributed by atoms with Gasteiger partial charge in [-0.15, -0.1) is 0 Å². The van der Waals surface area contributed by atoms with Gasteiger partial charge in [0.25, 0.3) is 0 Å². The number of hydrogen-bond donors (Lipinski definition) is 2. The Morgan fingerprint density at radius 3 is 3.12 bits per heavy atom. The van der Waals surface area contributed by atoms with Crippen molar-refractivity contribution in [3.8, 4) is 6.07 Å². The van der Waals surface area contributed by atoms with Gasteiger partial charge in [0, 0.05) is 5.57 Å². The van der Waals surface area contributed by atoms with E-state index in [-0.39, 0.29) is 23.8 Å². The van der Waals surface area contributed by atoms with Gasteiger partial charge in [-0.3, -0.25) is 5.32 Å². The molecule has 1 aliphatic carbocycles. The number of carbonyl (C=O) groups excluding carboxylic acids is 1. The molecule has 24 heavy (non-hydrogen) atoms. The zero-order valence-corrected chi connectivity index (χ0v) is 13.7. The Morgan fingerprint density at radius 1 is 1.50 bits per heavy atom. The van der Waals surface area contributed by atoms with Crippen LogP contribution in [0.4, 0.5) is 14.3 Å². The zero-order chi connectivity index (χ0) is 17.1. The number of carbonyl (C=O) groups is 1. The van der Waals surface area contributed by atoms with Crippen molar-refractivity contribution >= 4 is 32.7 Å². The number of fused-ring (bicyclic) bond motifs is 1. The van der Waals surface area contributed by atoms with Crippen LogP contribution in [-0.2, 0) is 0 Å². The second kappa shape index (κ2) is 6.81. The van der Waals surface area contributed by atoms with Crippen LogP contribution in [-0.4, -0.2) is 17.1 Å². The van der Waals surface area contributed by atoms with Crippen LogP contribution in [0.5, 0.6) is 0 Å². The van der Waals surface area contributed by atoms with Gasteiger partial charge in [0.05, 0.1) is 22.3 Å². The van der Waals surface area contributed by atoms with Gasteiger partial charge in [0.1, 0.15) is 5.82 Å². The summed E-state index contributed by atoms with van der Waals surface area (Å²) in [6, 6.07) is 5.90. The van der Waals surface area contributed by atoms with E-state index >= 15 is 0 Å². The van der Waals surface area contributed by atoms with E-state index in [9.17, 15) is 9.18 Å². The third-order valence-corrected chi connectivity index (χ3v) is 4.72. The van der Waals surface area contributed by atoms with Crippen LogP contribution in [0.15, 0.2) is 42.0 Å². The average molecular weight is 342 g/mol. The third kappa shape index (κ3) is 3.60. The fourth-order valence-corrected chi connectivity index (χ4v) is 3.42. The Morgan fingerprint density at radius 2 is 2.33 bits per heavy atom. The minimum Gasteiger partial charge on any atom is -0.331 e. The first-order chi connectivity index (χ1) is 11.5. The standard InChI is InChI=1S/C17H15FN4OS/c1-10-7-11(9-19)3-2-4-13(10)20-16(23)22-17-21-14-6-5-12(18)8-15(14)24-17/h2-6,8,10,13H,7H2,1H3,(H2,20,21,22,23). The van der Waals surface area contributed by atoms with Crippen LogP contribution in [0.2, 0.25) is 0 Å². The fourth-order valence-electron chi connectivity index (χ4n) is 2.53. The van der Waals surface area contributed by atoms with Crippen molar-refractivity contribution in [2.75, 3.05) is 5.32 Å². The number of amides is 2. The molecule has 2 atom stereocenters. The molecule has 1 aromatic carbocycles. The molecular weight excluding hydrogens is 327 g/mol. The highest BCUT2D eigenvalue weighted by molar-refractivity contribution is 7.22. The minimum atomic E-state index is -0.378. The van der Waals surface area contributed by atoms with E-state index in [0.717, 1.165) is 0 Å². The van der Waals surface area contributed by atoms with Crippen molar-refractivity contribution in [2.45, 2.75) is 19.4 Å². The van der Waals surface area contributed by atoms with E-state index in [1.54, 1.807) is 18.2 Å². The summed E-state index contributed by atoms with van der Waals surface area (Å²) in [6.07, 6.45) is 6.02. The number of nitriles is 1. The first kappa shape index (κ1) is 16.1. The first-order valence-corrected chi connectivity index (χ1v) is 8.28. The molecule has 0 aliphatic heterocycles. The Balaban J connectivity index is 1.66. The second-order valence-corrected chi connectivity index (χ2v) is 6.66. The summed E-state index contributed by atoms with van der Waals surface area (Å²) in [5, 5.41) is 15.0. The van der Waals surface area contributed by atoms with Gasteiger partial charge in [-0.25, -0.2) is 14.2 Å². The molecule has 0 bridgehead atoms. The van der Waals surface area contributed by atoms with Crippen molar-refractivity contribution in [3.63, 3.8) is 0 Å². The van der Waals surface area contributed by atoms with Crippen molar-refractivity contribution in [1.29, 1.82) is 5.26 Å². The van der Waals surface area contributed by atoms with Crippen LogP contribution in [0.1, 0.15) is 13.3 Å². The molecule has 0 radical (unpaired) electrons. The molecule has 122 valence electrons. The smallest absolute Gasteiger partial charge is 0.321 e. The number of urea groups is 1. The number of hydrogen-bond acceptors (Lipinski definition) is 4. The predicted octanol–water partition coefficient (Wildman–Crippen LogP) is 3.97. The second-order valence-electron chi connectivity index (χ2n) is 5.63. The molecule has 2 aromatic rings. The van der Waals surface area contributed by atoms with Crippen LogP contribution < -0.4 is 10.6 Å². The lowest BCUT2D eigenvalue weighted by Gasteiger charge is -2.20. The van der Waals surface area contributed by atoms with E-state index in [1.807, 2.05) is 13.0 Å². The zero-order valence-electron chi connectivity index (χ0n) is 12.9. The molecule has 2 N–H and O–H groups in total. The molecule has 0 spiro atoms. The van der Waals surface area contributed by atoms with Crippen LogP contribution in [0.3, 0.4) is 0 Å². The topological polar surface area (TPSA) is 77.8 Å². The minimum absolute atomic E-state index is 0.102. The number of nitrogens with one attached hydrogen (secondary N) is 2. The summed E-state index contributed by atoms with van der Waals surface area (Å²) < 4.78 is 13.9. The maximum atomic E-state index is 13.2. The van der Waals surface area contributed by atoms with E-state index in [0.29, 0.717) is 27.3 Å². The third-order valence-electron chi connectivity index (χ3n) is 3.78. The number of allylic oxidation sites excluding steroid dienone is 3. The summed E-state index contributed by atoms with van der Waals surface area (Å²) in [5.74, 6) is -0.231. The molecule has 0 fully saturated rings. The highest BCUT2D eigenvalue weighted by atomic mass is 32.1. The number of nitrogens with zero attached hydrogens (tertiary/aromatic N) is 2. The van der Waals surface area contributed by atoms with Crippen molar-refractivity contribution in [1.82, 2.24) is 10.3 Å². The van der Waals surface area contributed by atoms with E-state index in [2.05, 4.69) is 21.7 Å². The maximum Gasteiger partial charge on any atom is 0.321 e. The monoisotopic (exact) mass is 342 g/mol. The summed E-state index contributed by atoms with van der Waals surface area (Å²) in [5.41, 5.74) is 1.33. The van der Waals surface area contributed by atoms with Gasteiger partial charge in [0.2, 0.25) is 0 Å². The maximum absolute atomic E-state index is 13.2.